The molecule has 0 saturated heterocycles. The largest absolute Gasteiger partial charge is 0.298 e. The molecule has 30 heavy (non-hydrogen) atoms. The summed E-state index contributed by atoms with van der Waals surface area (Å²) in [6, 6.07) is 0. The van der Waals surface area contributed by atoms with Gasteiger partial charge in [0, 0.05) is 5.41 Å². The summed E-state index contributed by atoms with van der Waals surface area (Å²) in [5.41, 5.74) is 2.29. The molecule has 0 aromatic heterocycles. The number of hydrogen-bond donors (Lipinski definition) is 0. The molecule has 2 unspecified atom stereocenters. The van der Waals surface area contributed by atoms with Crippen molar-refractivity contribution in [1.82, 2.24) is 0 Å². The lowest BCUT2D eigenvalue weighted by atomic mass is 9.39. The Labute approximate surface area is 184 Å². The highest BCUT2D eigenvalue weighted by molar-refractivity contribution is 6.11. The molecule has 2 rings (SSSR count). The maximum atomic E-state index is 13.9. The van der Waals surface area contributed by atoms with Crippen molar-refractivity contribution in [3.63, 3.8) is 0 Å². The van der Waals surface area contributed by atoms with E-state index in [9.17, 15) is 9.59 Å². The van der Waals surface area contributed by atoms with Crippen LogP contribution < -0.4 is 0 Å². The van der Waals surface area contributed by atoms with E-state index in [1.54, 1.807) is 0 Å². The molecule has 2 aliphatic carbocycles. The lowest BCUT2D eigenvalue weighted by molar-refractivity contribution is -0.172. The van der Waals surface area contributed by atoms with Gasteiger partial charge in [0.25, 0.3) is 0 Å². The minimum atomic E-state index is -0.658. The van der Waals surface area contributed by atoms with Gasteiger partial charge in [-0.3, -0.25) is 9.59 Å². The van der Waals surface area contributed by atoms with Crippen LogP contribution in [0, 0.1) is 28.1 Å². The first-order valence-corrected chi connectivity index (χ1v) is 11.5. The van der Waals surface area contributed by atoms with Crippen LogP contribution in [0.4, 0.5) is 0 Å². The smallest absolute Gasteiger partial charge is 0.154 e. The van der Waals surface area contributed by atoms with Crippen LogP contribution in [0.1, 0.15) is 87.5 Å². The number of Topliss-reactive ketones (excluding diaryl/α,β-unsaturated/α-hetero) is 2. The zero-order valence-corrected chi connectivity index (χ0v) is 20.5. The third-order valence-corrected chi connectivity index (χ3v) is 7.84. The first kappa shape index (κ1) is 24.6. The second-order valence-corrected chi connectivity index (χ2v) is 11.1. The van der Waals surface area contributed by atoms with Gasteiger partial charge in [-0.15, -0.1) is 6.58 Å². The second-order valence-electron chi connectivity index (χ2n) is 11.1. The van der Waals surface area contributed by atoms with Gasteiger partial charge in [-0.05, 0) is 85.0 Å². The molecular weight excluding hydrogens is 368 g/mol. The summed E-state index contributed by atoms with van der Waals surface area (Å²) in [6.45, 7) is 21.1. The summed E-state index contributed by atoms with van der Waals surface area (Å²) in [5, 5.41) is 0. The summed E-state index contributed by atoms with van der Waals surface area (Å²) in [6.07, 6.45) is 12.0. The van der Waals surface area contributed by atoms with Gasteiger partial charge >= 0.3 is 0 Å². The van der Waals surface area contributed by atoms with Crippen molar-refractivity contribution in [1.29, 1.82) is 0 Å². The Morgan fingerprint density at radius 1 is 0.900 bits per heavy atom. The molecule has 2 nitrogen and oxygen atoms in total. The Kier molecular flexibility index (Phi) is 7.21. The van der Waals surface area contributed by atoms with E-state index in [1.807, 2.05) is 19.9 Å². The van der Waals surface area contributed by atoms with Crippen molar-refractivity contribution in [3.8, 4) is 0 Å². The highest BCUT2D eigenvalue weighted by Crippen LogP contribution is 2.66. The number of rotatable bonds is 7. The van der Waals surface area contributed by atoms with Gasteiger partial charge in [0.1, 0.15) is 5.78 Å². The van der Waals surface area contributed by atoms with E-state index >= 15 is 0 Å². The maximum absolute atomic E-state index is 13.9. The average molecular weight is 411 g/mol. The van der Waals surface area contributed by atoms with Crippen molar-refractivity contribution in [2.45, 2.75) is 87.5 Å². The molecule has 0 spiro atoms. The predicted octanol–water partition coefficient (Wildman–Crippen LogP) is 7.42. The fourth-order valence-corrected chi connectivity index (χ4v) is 5.73. The molecule has 0 heterocycles. The Morgan fingerprint density at radius 3 is 1.93 bits per heavy atom. The first-order valence-electron chi connectivity index (χ1n) is 11.5. The van der Waals surface area contributed by atoms with Gasteiger partial charge in [0.15, 0.2) is 5.78 Å². The molecule has 0 amide bonds. The molecule has 0 aromatic carbocycles. The molecule has 4 atom stereocenters. The summed E-state index contributed by atoms with van der Waals surface area (Å²) in [5.74, 6) is -0.0275. The topological polar surface area (TPSA) is 34.1 Å². The molecule has 0 aliphatic heterocycles. The van der Waals surface area contributed by atoms with Gasteiger partial charge in [-0.2, -0.15) is 0 Å². The number of fused-ring (bicyclic) bond motifs is 2. The third kappa shape index (κ3) is 4.20. The van der Waals surface area contributed by atoms with Crippen LogP contribution in [0.2, 0.25) is 0 Å². The molecule has 2 saturated carbocycles. The van der Waals surface area contributed by atoms with Gasteiger partial charge in [0.05, 0.1) is 11.3 Å². The molecule has 166 valence electrons. The molecule has 2 fully saturated rings. The van der Waals surface area contributed by atoms with Crippen LogP contribution in [-0.4, -0.2) is 11.6 Å². The zero-order chi connectivity index (χ0) is 22.9. The van der Waals surface area contributed by atoms with Crippen molar-refractivity contribution in [2.24, 2.45) is 28.1 Å². The molecule has 2 aliphatic rings. The van der Waals surface area contributed by atoms with E-state index in [4.69, 9.17) is 0 Å². The minimum Gasteiger partial charge on any atom is -0.298 e. The number of carbonyl (C=O) groups excluding carboxylic acids is 2. The van der Waals surface area contributed by atoms with Crippen molar-refractivity contribution in [2.75, 3.05) is 0 Å². The Hall–Kier alpha value is -1.70. The van der Waals surface area contributed by atoms with E-state index < -0.39 is 16.7 Å². The standard InChI is InChI=1S/C28H42O2/c1-10-28-18-27(16-15-21(6)7,17-22(26(28,8)9)13-11-19(2)3)24(29)23(25(28)30)14-12-20(4)5/h10-12,15,22-23H,1,13-14,16-18H2,2-9H3/t22-,23?,27-,28?/m0/s1. The first-order chi connectivity index (χ1) is 13.8. The zero-order valence-electron chi connectivity index (χ0n) is 20.5. The van der Waals surface area contributed by atoms with Crippen molar-refractivity contribution >= 4 is 11.6 Å². The molecule has 0 aromatic rings. The number of carbonyl (C=O) groups is 2. The molecule has 2 heteroatoms. The Balaban J connectivity index is 2.68. The summed E-state index contributed by atoms with van der Waals surface area (Å²) >= 11 is 0. The van der Waals surface area contributed by atoms with Crippen LogP contribution in [0.3, 0.4) is 0 Å². The highest BCUT2D eigenvalue weighted by Gasteiger charge is 2.67. The number of hydrogen-bond acceptors (Lipinski definition) is 2. The highest BCUT2D eigenvalue weighted by atomic mass is 16.2. The van der Waals surface area contributed by atoms with E-state index in [-0.39, 0.29) is 22.9 Å². The van der Waals surface area contributed by atoms with Crippen LogP contribution in [-0.2, 0) is 9.59 Å². The van der Waals surface area contributed by atoms with Crippen LogP contribution in [0.5, 0.6) is 0 Å². The summed E-state index contributed by atoms with van der Waals surface area (Å²) in [7, 11) is 0. The third-order valence-electron chi connectivity index (χ3n) is 7.84. The maximum Gasteiger partial charge on any atom is 0.154 e. The van der Waals surface area contributed by atoms with Crippen LogP contribution in [0.25, 0.3) is 0 Å². The molecular formula is C28H42O2. The lowest BCUT2D eigenvalue weighted by Gasteiger charge is -2.62. The van der Waals surface area contributed by atoms with Crippen molar-refractivity contribution in [3.05, 3.63) is 47.6 Å². The molecule has 0 radical (unpaired) electrons. The van der Waals surface area contributed by atoms with E-state index in [0.717, 1.165) is 24.8 Å². The average Bonchev–Trinajstić information content (AvgIpc) is 2.64. The monoisotopic (exact) mass is 410 g/mol. The molecule has 2 bridgehead atoms. The Bertz CT molecular complexity index is 794. The predicted molar refractivity (Wildman–Crippen MR) is 127 cm³/mol. The van der Waals surface area contributed by atoms with Gasteiger partial charge in [0.2, 0.25) is 0 Å². The molecule has 0 N–H and O–H groups in total. The quantitative estimate of drug-likeness (QED) is 0.323. The van der Waals surface area contributed by atoms with Gasteiger partial charge in [-0.25, -0.2) is 0 Å². The fourth-order valence-electron chi connectivity index (χ4n) is 5.73. The summed E-state index contributed by atoms with van der Waals surface area (Å²) < 4.78 is 0. The van der Waals surface area contributed by atoms with E-state index in [0.29, 0.717) is 12.8 Å². The Morgan fingerprint density at radius 2 is 1.43 bits per heavy atom. The lowest BCUT2D eigenvalue weighted by Crippen LogP contribution is -2.64. The normalized spacial score (nSPS) is 32.3. The van der Waals surface area contributed by atoms with Gasteiger partial charge in [-0.1, -0.05) is 54.9 Å². The van der Waals surface area contributed by atoms with Crippen molar-refractivity contribution < 1.29 is 9.59 Å². The fraction of sp³-hybridized carbons (Fsp3) is 0.643. The number of ketones is 2. The second kappa shape index (κ2) is 8.81. The van der Waals surface area contributed by atoms with E-state index in [2.05, 4.69) is 66.3 Å². The van der Waals surface area contributed by atoms with Crippen LogP contribution >= 0.6 is 0 Å². The number of allylic oxidation sites excluding steroid dienone is 7. The van der Waals surface area contributed by atoms with Crippen LogP contribution in [0.15, 0.2) is 47.6 Å². The van der Waals surface area contributed by atoms with Gasteiger partial charge < -0.3 is 0 Å². The van der Waals surface area contributed by atoms with E-state index in [1.165, 1.54) is 11.1 Å². The minimum absolute atomic E-state index is 0.0970. The summed E-state index contributed by atoms with van der Waals surface area (Å²) in [4.78, 5) is 27.9. The SMILES string of the molecule is C=CC12C[C@](CC=C(C)C)(C[C@H](CC=C(C)C)C1(C)C)C(=O)C(CC=C(C)C)C2=O.